The standard InChI is InChI=1S/C34H20/c1-3-23-9-13-27-17-21(18-28-14-10-24(4-1)31(23)33(27)28)7-8-22-19-29-15-11-25-5-2-6-26-12-16-30(20-22)34(29)32(25)26/h1-20H. The Bertz CT molecular complexity index is 1780. The summed E-state index contributed by atoms with van der Waals surface area (Å²) in [5.41, 5.74) is 2.46. The summed E-state index contributed by atoms with van der Waals surface area (Å²) in [5, 5.41) is 16.0. The number of benzene rings is 8. The minimum Gasteiger partial charge on any atom is -0.0610 e. The minimum atomic E-state index is 1.23. The molecule has 8 aromatic rings. The van der Waals surface area contributed by atoms with Crippen LogP contribution in [0, 0.1) is 0 Å². The Morgan fingerprint density at radius 2 is 0.559 bits per heavy atom. The first-order chi connectivity index (χ1) is 16.8. The van der Waals surface area contributed by atoms with Crippen LogP contribution in [0.4, 0.5) is 0 Å². The van der Waals surface area contributed by atoms with Gasteiger partial charge in [-0.2, -0.15) is 0 Å². The molecular formula is C34H20. The summed E-state index contributed by atoms with van der Waals surface area (Å²) in [6.45, 7) is 0. The molecule has 0 radical (unpaired) electrons. The van der Waals surface area contributed by atoms with Gasteiger partial charge >= 0.3 is 0 Å². The van der Waals surface area contributed by atoms with Crippen molar-refractivity contribution in [2.75, 3.05) is 0 Å². The van der Waals surface area contributed by atoms with Gasteiger partial charge in [0.15, 0.2) is 0 Å². The summed E-state index contributed by atoms with van der Waals surface area (Å²) in [6.07, 6.45) is 4.50. The van der Waals surface area contributed by atoms with Gasteiger partial charge in [-0.05, 0) is 100 Å². The van der Waals surface area contributed by atoms with Crippen LogP contribution in [-0.4, -0.2) is 0 Å². The van der Waals surface area contributed by atoms with E-state index in [1.807, 2.05) is 0 Å². The Kier molecular flexibility index (Phi) is 3.48. The van der Waals surface area contributed by atoms with Gasteiger partial charge < -0.3 is 0 Å². The third-order valence-corrected chi connectivity index (χ3v) is 7.44. The molecule has 0 spiro atoms. The first-order valence-electron chi connectivity index (χ1n) is 11.9. The van der Waals surface area contributed by atoms with Crippen LogP contribution < -0.4 is 0 Å². The van der Waals surface area contributed by atoms with Gasteiger partial charge in [0.25, 0.3) is 0 Å². The van der Waals surface area contributed by atoms with E-state index in [-0.39, 0.29) is 0 Å². The van der Waals surface area contributed by atoms with Crippen molar-refractivity contribution in [2.24, 2.45) is 0 Å². The van der Waals surface area contributed by atoms with Crippen LogP contribution in [0.15, 0.2) is 109 Å². The van der Waals surface area contributed by atoms with Gasteiger partial charge in [-0.1, -0.05) is 97.1 Å². The zero-order valence-electron chi connectivity index (χ0n) is 18.5. The predicted octanol–water partition coefficient (Wildman–Crippen LogP) is 9.65. The second kappa shape index (κ2) is 6.56. The molecule has 0 atom stereocenters. The van der Waals surface area contributed by atoms with E-state index < -0.39 is 0 Å². The lowest BCUT2D eigenvalue weighted by Crippen LogP contribution is -1.86. The summed E-state index contributed by atoms with van der Waals surface area (Å²) in [5.74, 6) is 0. The fourth-order valence-corrected chi connectivity index (χ4v) is 5.94. The lowest BCUT2D eigenvalue weighted by atomic mass is 9.92. The molecule has 0 aliphatic rings. The van der Waals surface area contributed by atoms with E-state index in [1.165, 1.54) is 75.8 Å². The largest absolute Gasteiger partial charge is 0.0610 e. The van der Waals surface area contributed by atoms with Crippen LogP contribution in [0.25, 0.3) is 76.8 Å². The van der Waals surface area contributed by atoms with Crippen molar-refractivity contribution in [2.45, 2.75) is 0 Å². The lowest BCUT2D eigenvalue weighted by Gasteiger charge is -2.12. The molecule has 0 heteroatoms. The highest BCUT2D eigenvalue weighted by atomic mass is 14.1. The summed E-state index contributed by atoms with van der Waals surface area (Å²) >= 11 is 0. The van der Waals surface area contributed by atoms with Crippen molar-refractivity contribution >= 4 is 76.8 Å². The molecule has 0 saturated carbocycles. The number of rotatable bonds is 2. The maximum Gasteiger partial charge on any atom is -0.00264 e. The van der Waals surface area contributed by atoms with E-state index in [0.717, 1.165) is 0 Å². The van der Waals surface area contributed by atoms with Crippen molar-refractivity contribution in [3.8, 4) is 0 Å². The summed E-state index contributed by atoms with van der Waals surface area (Å²) in [7, 11) is 0. The van der Waals surface area contributed by atoms with E-state index in [1.54, 1.807) is 0 Å². The van der Waals surface area contributed by atoms with Crippen molar-refractivity contribution in [3.05, 3.63) is 120 Å². The smallest absolute Gasteiger partial charge is 0.00264 e. The fourth-order valence-electron chi connectivity index (χ4n) is 5.94. The van der Waals surface area contributed by atoms with E-state index in [0.29, 0.717) is 0 Å². The molecule has 0 nitrogen and oxygen atoms in total. The van der Waals surface area contributed by atoms with Crippen LogP contribution in [0.1, 0.15) is 11.1 Å². The molecule has 0 unspecified atom stereocenters. The number of hydrogen-bond donors (Lipinski definition) is 0. The zero-order valence-corrected chi connectivity index (χ0v) is 18.5. The topological polar surface area (TPSA) is 0 Å². The molecule has 0 aliphatic carbocycles. The van der Waals surface area contributed by atoms with Gasteiger partial charge in [0, 0.05) is 0 Å². The molecule has 0 bridgehead atoms. The Hall–Kier alpha value is -4.42. The van der Waals surface area contributed by atoms with Gasteiger partial charge in [-0.3, -0.25) is 0 Å². The Balaban J connectivity index is 1.29. The maximum atomic E-state index is 2.31. The molecule has 156 valence electrons. The zero-order chi connectivity index (χ0) is 22.2. The van der Waals surface area contributed by atoms with Crippen LogP contribution in [0.2, 0.25) is 0 Å². The highest BCUT2D eigenvalue weighted by Gasteiger charge is 2.10. The Labute approximate surface area is 197 Å². The normalized spacial score (nSPS) is 12.6. The average molecular weight is 429 g/mol. The molecule has 8 rings (SSSR count). The van der Waals surface area contributed by atoms with Gasteiger partial charge in [0.2, 0.25) is 0 Å². The van der Waals surface area contributed by atoms with Crippen LogP contribution in [0.3, 0.4) is 0 Å². The SMILES string of the molecule is C(=Cc1cc2ccc3cccc4ccc(c1)c2c34)c1cc2ccc3cccc4ccc(c1)c2c34. The second-order valence-corrected chi connectivity index (χ2v) is 9.44. The van der Waals surface area contributed by atoms with E-state index in [4.69, 9.17) is 0 Å². The summed E-state index contributed by atoms with van der Waals surface area (Å²) < 4.78 is 0. The van der Waals surface area contributed by atoms with Crippen molar-refractivity contribution < 1.29 is 0 Å². The molecular weight excluding hydrogens is 408 g/mol. The first kappa shape index (κ1) is 18.1. The van der Waals surface area contributed by atoms with Crippen molar-refractivity contribution in [1.82, 2.24) is 0 Å². The molecule has 34 heavy (non-hydrogen) atoms. The Morgan fingerprint density at radius 3 is 0.882 bits per heavy atom. The number of hydrogen-bond acceptors (Lipinski definition) is 0. The van der Waals surface area contributed by atoms with Gasteiger partial charge in [-0.25, -0.2) is 0 Å². The highest BCUT2D eigenvalue weighted by Crippen LogP contribution is 2.37. The average Bonchev–Trinajstić information content (AvgIpc) is 2.89. The first-order valence-corrected chi connectivity index (χ1v) is 11.9. The second-order valence-electron chi connectivity index (χ2n) is 9.44. The quantitative estimate of drug-likeness (QED) is 0.190. The third-order valence-electron chi connectivity index (χ3n) is 7.44. The molecule has 0 N–H and O–H groups in total. The van der Waals surface area contributed by atoms with Crippen molar-refractivity contribution in [3.63, 3.8) is 0 Å². The molecule has 0 aliphatic heterocycles. The minimum absolute atomic E-state index is 1.23. The molecule has 0 saturated heterocycles. The monoisotopic (exact) mass is 428 g/mol. The summed E-state index contributed by atoms with van der Waals surface area (Å²) in [4.78, 5) is 0. The molecule has 0 heterocycles. The van der Waals surface area contributed by atoms with Gasteiger partial charge in [-0.15, -0.1) is 0 Å². The predicted molar refractivity (Wildman–Crippen MR) is 149 cm³/mol. The maximum absolute atomic E-state index is 2.31. The molecule has 0 fully saturated rings. The molecule has 8 aromatic carbocycles. The van der Waals surface area contributed by atoms with Crippen LogP contribution >= 0.6 is 0 Å². The summed E-state index contributed by atoms with van der Waals surface area (Å²) in [6, 6.07) is 40.4. The van der Waals surface area contributed by atoms with E-state index in [9.17, 15) is 0 Å². The lowest BCUT2D eigenvalue weighted by molar-refractivity contribution is 1.73. The Morgan fingerprint density at radius 1 is 0.294 bits per heavy atom. The van der Waals surface area contributed by atoms with Crippen LogP contribution in [0.5, 0.6) is 0 Å². The van der Waals surface area contributed by atoms with Gasteiger partial charge in [0.05, 0.1) is 0 Å². The van der Waals surface area contributed by atoms with Crippen molar-refractivity contribution in [1.29, 1.82) is 0 Å². The molecule has 0 aromatic heterocycles. The van der Waals surface area contributed by atoms with Crippen LogP contribution in [-0.2, 0) is 0 Å². The third kappa shape index (κ3) is 2.48. The van der Waals surface area contributed by atoms with Gasteiger partial charge in [0.1, 0.15) is 0 Å². The highest BCUT2D eigenvalue weighted by molar-refractivity contribution is 6.24. The van der Waals surface area contributed by atoms with E-state index >= 15 is 0 Å². The van der Waals surface area contributed by atoms with E-state index in [2.05, 4.69) is 121 Å². The molecule has 0 amide bonds. The fraction of sp³-hybridized carbons (Fsp3) is 0.